The molecule has 2 saturated heterocycles. The van der Waals surface area contributed by atoms with Gasteiger partial charge in [0.25, 0.3) is 0 Å². The fourth-order valence-electron chi connectivity index (χ4n) is 4.54. The van der Waals surface area contributed by atoms with Gasteiger partial charge in [-0.15, -0.1) is 0 Å². The van der Waals surface area contributed by atoms with Gasteiger partial charge in [-0.3, -0.25) is 0 Å². The number of rotatable bonds is 9. The Morgan fingerprint density at radius 2 is 1.70 bits per heavy atom. The van der Waals surface area contributed by atoms with Gasteiger partial charge in [-0.1, -0.05) is 6.92 Å². The topological polar surface area (TPSA) is 26.7 Å². The van der Waals surface area contributed by atoms with Crippen molar-refractivity contribution in [1.82, 2.24) is 9.80 Å². The van der Waals surface area contributed by atoms with Crippen LogP contribution in [0.4, 0.5) is 0 Å². The minimum Gasteiger partial charge on any atom is -0.395 e. The molecule has 0 aromatic carbocycles. The van der Waals surface area contributed by atoms with Crippen molar-refractivity contribution in [2.24, 2.45) is 17.8 Å². The van der Waals surface area contributed by atoms with E-state index >= 15 is 0 Å². The largest absolute Gasteiger partial charge is 0.395 e. The number of thiol groups is 1. The van der Waals surface area contributed by atoms with Gasteiger partial charge < -0.3 is 14.9 Å². The third-order valence-corrected chi connectivity index (χ3v) is 6.30. The molecule has 0 aromatic heterocycles. The quantitative estimate of drug-likeness (QED) is 0.630. The number of hydrogen-bond acceptors (Lipinski definition) is 4. The summed E-state index contributed by atoms with van der Waals surface area (Å²) in [6.07, 6.45) is 9.55. The summed E-state index contributed by atoms with van der Waals surface area (Å²) in [6, 6.07) is 0. The Kier molecular flexibility index (Phi) is 9.32. The lowest BCUT2D eigenvalue weighted by atomic mass is 9.87. The zero-order valence-corrected chi connectivity index (χ0v) is 16.0. The van der Waals surface area contributed by atoms with Gasteiger partial charge in [0.15, 0.2) is 0 Å². The minimum absolute atomic E-state index is 0.311. The Labute approximate surface area is 149 Å². The highest BCUT2D eigenvalue weighted by Crippen LogP contribution is 2.26. The summed E-state index contributed by atoms with van der Waals surface area (Å²) in [5.74, 6) is 3.58. The van der Waals surface area contributed by atoms with Crippen LogP contribution in [0.5, 0.6) is 0 Å². The zero-order valence-electron chi connectivity index (χ0n) is 15.1. The molecule has 1 unspecified atom stereocenters. The van der Waals surface area contributed by atoms with E-state index < -0.39 is 0 Å². The second kappa shape index (κ2) is 11.0. The van der Waals surface area contributed by atoms with Crippen LogP contribution in [-0.2, 0) is 0 Å². The van der Waals surface area contributed by atoms with Crippen molar-refractivity contribution in [3.05, 3.63) is 0 Å². The van der Waals surface area contributed by atoms with Crippen LogP contribution in [0.2, 0.25) is 0 Å². The van der Waals surface area contributed by atoms with Gasteiger partial charge in [0.1, 0.15) is 0 Å². The highest BCUT2D eigenvalue weighted by molar-refractivity contribution is 7.80. The molecule has 0 bridgehead atoms. The first-order valence-corrected chi connectivity index (χ1v) is 10.5. The van der Waals surface area contributed by atoms with E-state index in [1.165, 1.54) is 77.7 Å². The number of likely N-dealkylation sites (tertiary alicyclic amines) is 2. The van der Waals surface area contributed by atoms with Crippen LogP contribution in [0, 0.1) is 17.8 Å². The fourth-order valence-corrected chi connectivity index (χ4v) is 4.84. The maximum Gasteiger partial charge on any atom is 0.0558 e. The smallest absolute Gasteiger partial charge is 0.0558 e. The Balaban J connectivity index is 1.58. The molecular weight excluding hydrogens is 304 g/mol. The third kappa shape index (κ3) is 7.33. The van der Waals surface area contributed by atoms with Crippen LogP contribution in [-0.4, -0.2) is 66.5 Å². The second-order valence-corrected chi connectivity index (χ2v) is 8.37. The third-order valence-electron chi connectivity index (χ3n) is 5.79. The second-order valence-electron chi connectivity index (χ2n) is 8.01. The number of nitrogens with zero attached hydrogens (tertiary/aromatic N) is 2. The Morgan fingerprint density at radius 1 is 1.04 bits per heavy atom. The SMILES string of the molecule is CC(CCCN1CCC[C@@H](CS)C1)C[C@@H]1CCCN(CCO)C1. The molecule has 23 heavy (non-hydrogen) atoms. The normalized spacial score (nSPS) is 28.8. The van der Waals surface area contributed by atoms with Crippen molar-refractivity contribution in [3.8, 4) is 0 Å². The summed E-state index contributed by atoms with van der Waals surface area (Å²) in [5, 5.41) is 9.11. The monoisotopic (exact) mass is 342 g/mol. The molecule has 0 aliphatic carbocycles. The van der Waals surface area contributed by atoms with E-state index in [4.69, 9.17) is 5.11 Å². The van der Waals surface area contributed by atoms with E-state index in [2.05, 4.69) is 29.4 Å². The van der Waals surface area contributed by atoms with Gasteiger partial charge in [-0.2, -0.15) is 12.6 Å². The van der Waals surface area contributed by atoms with Crippen LogP contribution in [0.15, 0.2) is 0 Å². The molecule has 0 aromatic rings. The van der Waals surface area contributed by atoms with Gasteiger partial charge in [-0.05, 0) is 88.1 Å². The van der Waals surface area contributed by atoms with E-state index in [0.717, 1.165) is 30.1 Å². The molecule has 136 valence electrons. The molecule has 1 N–H and O–H groups in total. The van der Waals surface area contributed by atoms with Crippen LogP contribution < -0.4 is 0 Å². The van der Waals surface area contributed by atoms with E-state index in [9.17, 15) is 0 Å². The van der Waals surface area contributed by atoms with Gasteiger partial charge in [-0.25, -0.2) is 0 Å². The van der Waals surface area contributed by atoms with Gasteiger partial charge >= 0.3 is 0 Å². The first kappa shape index (κ1) is 19.6. The predicted molar refractivity (Wildman–Crippen MR) is 102 cm³/mol. The summed E-state index contributed by atoms with van der Waals surface area (Å²) < 4.78 is 0. The molecule has 2 heterocycles. The van der Waals surface area contributed by atoms with Gasteiger partial charge in [0.2, 0.25) is 0 Å². The molecule has 0 amide bonds. The van der Waals surface area contributed by atoms with Crippen molar-refractivity contribution in [3.63, 3.8) is 0 Å². The number of piperidine rings is 2. The molecule has 2 rings (SSSR count). The fraction of sp³-hybridized carbons (Fsp3) is 1.00. The first-order valence-electron chi connectivity index (χ1n) is 9.87. The summed E-state index contributed by atoms with van der Waals surface area (Å²) in [4.78, 5) is 5.12. The molecule has 2 aliphatic rings. The molecule has 0 radical (unpaired) electrons. The average Bonchev–Trinajstić information content (AvgIpc) is 2.56. The van der Waals surface area contributed by atoms with Crippen LogP contribution in [0.1, 0.15) is 51.9 Å². The van der Waals surface area contributed by atoms with Crippen LogP contribution in [0.25, 0.3) is 0 Å². The molecule has 3 atom stereocenters. The molecule has 2 fully saturated rings. The van der Waals surface area contributed by atoms with Gasteiger partial charge in [0.05, 0.1) is 6.61 Å². The predicted octanol–water partition coefficient (Wildman–Crippen LogP) is 3.14. The molecule has 4 heteroatoms. The molecule has 0 saturated carbocycles. The van der Waals surface area contributed by atoms with Crippen molar-refractivity contribution < 1.29 is 5.11 Å². The van der Waals surface area contributed by atoms with E-state index in [0.29, 0.717) is 6.61 Å². The summed E-state index contributed by atoms with van der Waals surface area (Å²) in [6.45, 7) is 9.88. The standard InChI is InChI=1S/C19H38N2OS/c1-17(13-18-6-3-10-21(14-18)11-12-22)5-2-8-20-9-4-7-19(15-20)16-23/h17-19,22-23H,2-16H2,1H3/t17?,18-,19+/m0/s1. The van der Waals surface area contributed by atoms with Gasteiger partial charge in [0, 0.05) is 19.6 Å². The Morgan fingerprint density at radius 3 is 2.39 bits per heavy atom. The van der Waals surface area contributed by atoms with Crippen molar-refractivity contribution in [2.45, 2.75) is 51.9 Å². The van der Waals surface area contributed by atoms with Crippen LogP contribution in [0.3, 0.4) is 0 Å². The lowest BCUT2D eigenvalue weighted by molar-refractivity contribution is 0.127. The summed E-state index contributed by atoms with van der Waals surface area (Å²) in [7, 11) is 0. The number of β-amino-alcohol motifs (C(OH)–C–C–N with tert-alkyl or cyclic N) is 1. The molecule has 0 spiro atoms. The maximum atomic E-state index is 9.11. The van der Waals surface area contributed by atoms with E-state index in [-0.39, 0.29) is 0 Å². The molecule has 2 aliphatic heterocycles. The first-order chi connectivity index (χ1) is 11.2. The highest BCUT2D eigenvalue weighted by atomic mass is 32.1. The summed E-state index contributed by atoms with van der Waals surface area (Å²) in [5.41, 5.74) is 0. The van der Waals surface area contributed by atoms with Crippen LogP contribution >= 0.6 is 12.6 Å². The lowest BCUT2D eigenvalue weighted by Crippen LogP contribution is -2.38. The van der Waals surface area contributed by atoms with Crippen molar-refractivity contribution in [2.75, 3.05) is 51.6 Å². The Hall–Kier alpha value is 0.230. The Bertz CT molecular complexity index is 314. The maximum absolute atomic E-state index is 9.11. The average molecular weight is 343 g/mol. The molecular formula is C19H38N2OS. The molecule has 3 nitrogen and oxygen atoms in total. The number of aliphatic hydroxyl groups is 1. The number of aliphatic hydroxyl groups excluding tert-OH is 1. The van der Waals surface area contributed by atoms with E-state index in [1.807, 2.05) is 0 Å². The van der Waals surface area contributed by atoms with E-state index in [1.54, 1.807) is 0 Å². The number of hydrogen-bond donors (Lipinski definition) is 2. The summed E-state index contributed by atoms with van der Waals surface area (Å²) >= 11 is 4.48. The van der Waals surface area contributed by atoms with Crippen molar-refractivity contribution in [1.29, 1.82) is 0 Å². The zero-order chi connectivity index (χ0) is 16.5. The minimum atomic E-state index is 0.311. The lowest BCUT2D eigenvalue weighted by Gasteiger charge is -2.34. The highest BCUT2D eigenvalue weighted by Gasteiger charge is 2.22. The van der Waals surface area contributed by atoms with Crippen molar-refractivity contribution >= 4 is 12.6 Å².